The highest BCUT2D eigenvalue weighted by Crippen LogP contribution is 2.31. The molecule has 152 valence electrons. The zero-order chi connectivity index (χ0) is 20.6. The maximum absolute atomic E-state index is 13.4. The van der Waals surface area contributed by atoms with Crippen LogP contribution >= 0.6 is 11.6 Å². The topological polar surface area (TPSA) is 9.23 Å². The van der Waals surface area contributed by atoms with E-state index >= 15 is 0 Å². The van der Waals surface area contributed by atoms with Gasteiger partial charge >= 0.3 is 0 Å². The summed E-state index contributed by atoms with van der Waals surface area (Å²) in [6, 6.07) is 23.3. The molecule has 0 aromatic heterocycles. The van der Waals surface area contributed by atoms with Gasteiger partial charge in [0.25, 0.3) is 0 Å². The first-order chi connectivity index (χ1) is 14.0. The second kappa shape index (κ2) is 10.5. The Balaban J connectivity index is 1.67. The molecule has 3 aromatic carbocycles. The molecule has 0 bridgehead atoms. The molecule has 0 saturated carbocycles. The number of unbranched alkanes of at least 4 members (excludes halogenated alkanes) is 1. The first-order valence-corrected chi connectivity index (χ1v) is 10.7. The molecule has 29 heavy (non-hydrogen) atoms. The zero-order valence-electron chi connectivity index (χ0n) is 17.1. The van der Waals surface area contributed by atoms with Crippen molar-refractivity contribution in [3.63, 3.8) is 0 Å². The quantitative estimate of drug-likeness (QED) is 0.327. The van der Waals surface area contributed by atoms with Gasteiger partial charge in [0.2, 0.25) is 0 Å². The van der Waals surface area contributed by atoms with Gasteiger partial charge in [0.15, 0.2) is 0 Å². The van der Waals surface area contributed by atoms with Crippen molar-refractivity contribution in [2.24, 2.45) is 0 Å². The predicted octanol–water partition coefficient (Wildman–Crippen LogP) is 7.81. The standard InChI is InChI=1S/C26H28ClFO/c1-19(2)29-25-17-11-22(12-18-25)26(21-9-15-24(28)16-10-21)6-4-3-5-20-7-13-23(27)14-8-20/h7-19,26H,3-6H2,1-2H3. The van der Waals surface area contributed by atoms with Crippen LogP contribution in [0.15, 0.2) is 72.8 Å². The number of benzene rings is 3. The lowest BCUT2D eigenvalue weighted by atomic mass is 9.86. The maximum Gasteiger partial charge on any atom is 0.123 e. The number of rotatable bonds is 9. The van der Waals surface area contributed by atoms with Crippen molar-refractivity contribution in [3.05, 3.63) is 100 Å². The summed E-state index contributed by atoms with van der Waals surface area (Å²) in [7, 11) is 0. The van der Waals surface area contributed by atoms with Crippen LogP contribution in [0.2, 0.25) is 5.02 Å². The number of aryl methyl sites for hydroxylation is 1. The highest BCUT2D eigenvalue weighted by molar-refractivity contribution is 6.30. The van der Waals surface area contributed by atoms with Crippen LogP contribution in [0.4, 0.5) is 4.39 Å². The van der Waals surface area contributed by atoms with Crippen LogP contribution in [-0.4, -0.2) is 6.10 Å². The Bertz CT molecular complexity index is 870. The fraction of sp³-hybridized carbons (Fsp3) is 0.308. The molecular weight excluding hydrogens is 383 g/mol. The summed E-state index contributed by atoms with van der Waals surface area (Å²) >= 11 is 5.96. The van der Waals surface area contributed by atoms with Crippen LogP contribution in [0.5, 0.6) is 5.75 Å². The largest absolute Gasteiger partial charge is 0.491 e. The van der Waals surface area contributed by atoms with E-state index in [0.717, 1.165) is 42.0 Å². The lowest BCUT2D eigenvalue weighted by Crippen LogP contribution is -2.06. The van der Waals surface area contributed by atoms with Crippen molar-refractivity contribution < 1.29 is 9.13 Å². The van der Waals surface area contributed by atoms with E-state index in [9.17, 15) is 4.39 Å². The summed E-state index contributed by atoms with van der Waals surface area (Å²) in [5, 5.41) is 0.773. The van der Waals surface area contributed by atoms with E-state index in [0.29, 0.717) is 0 Å². The minimum Gasteiger partial charge on any atom is -0.491 e. The molecule has 1 nitrogen and oxygen atoms in total. The summed E-state index contributed by atoms with van der Waals surface area (Å²) in [5.74, 6) is 0.925. The third kappa shape index (κ3) is 6.61. The van der Waals surface area contributed by atoms with Crippen LogP contribution in [-0.2, 0) is 6.42 Å². The third-order valence-corrected chi connectivity index (χ3v) is 5.30. The smallest absolute Gasteiger partial charge is 0.123 e. The van der Waals surface area contributed by atoms with Crippen LogP contribution in [0.25, 0.3) is 0 Å². The van der Waals surface area contributed by atoms with E-state index in [1.165, 1.54) is 11.1 Å². The normalized spacial score (nSPS) is 12.2. The van der Waals surface area contributed by atoms with Gasteiger partial charge in [0.05, 0.1) is 6.10 Å². The zero-order valence-corrected chi connectivity index (χ0v) is 17.8. The van der Waals surface area contributed by atoms with Gasteiger partial charge in [-0.2, -0.15) is 0 Å². The molecule has 0 spiro atoms. The van der Waals surface area contributed by atoms with Crippen molar-refractivity contribution in [1.82, 2.24) is 0 Å². The van der Waals surface area contributed by atoms with E-state index in [-0.39, 0.29) is 17.8 Å². The molecule has 0 N–H and O–H groups in total. The number of hydrogen-bond acceptors (Lipinski definition) is 1. The molecule has 0 radical (unpaired) electrons. The summed E-state index contributed by atoms with van der Waals surface area (Å²) < 4.78 is 19.2. The Morgan fingerprint density at radius 1 is 0.793 bits per heavy atom. The molecule has 0 aliphatic heterocycles. The molecule has 1 atom stereocenters. The average Bonchev–Trinajstić information content (AvgIpc) is 2.71. The van der Waals surface area contributed by atoms with E-state index in [1.54, 1.807) is 12.1 Å². The average molecular weight is 411 g/mol. The van der Waals surface area contributed by atoms with Gasteiger partial charge < -0.3 is 4.74 Å². The number of halogens is 2. The van der Waals surface area contributed by atoms with Gasteiger partial charge in [-0.05, 0) is 86.2 Å². The second-order valence-electron chi connectivity index (χ2n) is 7.71. The third-order valence-electron chi connectivity index (χ3n) is 5.05. The fourth-order valence-corrected chi connectivity index (χ4v) is 3.73. The minimum atomic E-state index is -0.198. The molecule has 3 heteroatoms. The Morgan fingerprint density at radius 2 is 1.38 bits per heavy atom. The summed E-state index contributed by atoms with van der Waals surface area (Å²) in [4.78, 5) is 0. The second-order valence-corrected chi connectivity index (χ2v) is 8.15. The lowest BCUT2D eigenvalue weighted by molar-refractivity contribution is 0.242. The Kier molecular flexibility index (Phi) is 7.71. The van der Waals surface area contributed by atoms with Gasteiger partial charge in [-0.25, -0.2) is 4.39 Å². The Hall–Kier alpha value is -2.32. The predicted molar refractivity (Wildman–Crippen MR) is 119 cm³/mol. The van der Waals surface area contributed by atoms with Crippen LogP contribution in [0.1, 0.15) is 55.7 Å². The van der Waals surface area contributed by atoms with E-state index in [2.05, 4.69) is 24.3 Å². The lowest BCUT2D eigenvalue weighted by Gasteiger charge is -2.19. The molecule has 3 aromatic rings. The first-order valence-electron chi connectivity index (χ1n) is 10.3. The van der Waals surface area contributed by atoms with Crippen LogP contribution in [0.3, 0.4) is 0 Å². The molecule has 0 heterocycles. The molecule has 0 fully saturated rings. The van der Waals surface area contributed by atoms with Gasteiger partial charge in [-0.1, -0.05) is 54.4 Å². The molecule has 3 rings (SSSR count). The molecule has 1 unspecified atom stereocenters. The SMILES string of the molecule is CC(C)Oc1ccc(C(CCCCc2ccc(Cl)cc2)c2ccc(F)cc2)cc1. The minimum absolute atomic E-state index is 0.154. The van der Waals surface area contributed by atoms with Crippen molar-refractivity contribution >= 4 is 11.6 Å². The van der Waals surface area contributed by atoms with Crippen LogP contribution in [0, 0.1) is 5.82 Å². The molecule has 0 saturated heterocycles. The fourth-order valence-electron chi connectivity index (χ4n) is 3.60. The first kappa shape index (κ1) is 21.4. The van der Waals surface area contributed by atoms with Crippen molar-refractivity contribution in [3.8, 4) is 5.75 Å². The molecule has 0 aliphatic carbocycles. The number of ether oxygens (including phenoxy) is 1. The van der Waals surface area contributed by atoms with Crippen molar-refractivity contribution in [2.75, 3.05) is 0 Å². The summed E-state index contributed by atoms with van der Waals surface area (Å²) in [5.41, 5.74) is 3.69. The maximum atomic E-state index is 13.4. The number of hydrogen-bond donors (Lipinski definition) is 0. The van der Waals surface area contributed by atoms with E-state index < -0.39 is 0 Å². The molecular formula is C26H28ClFO. The van der Waals surface area contributed by atoms with Crippen molar-refractivity contribution in [1.29, 1.82) is 0 Å². The Morgan fingerprint density at radius 3 is 1.97 bits per heavy atom. The highest BCUT2D eigenvalue weighted by atomic mass is 35.5. The molecule has 0 aliphatic rings. The van der Waals surface area contributed by atoms with Gasteiger partial charge in [0.1, 0.15) is 11.6 Å². The van der Waals surface area contributed by atoms with Gasteiger partial charge in [0, 0.05) is 10.9 Å². The monoisotopic (exact) mass is 410 g/mol. The Labute approximate surface area is 178 Å². The van der Waals surface area contributed by atoms with E-state index in [1.807, 2.05) is 50.2 Å². The molecule has 0 amide bonds. The van der Waals surface area contributed by atoms with Gasteiger partial charge in [-0.3, -0.25) is 0 Å². The van der Waals surface area contributed by atoms with Crippen LogP contribution < -0.4 is 4.74 Å². The van der Waals surface area contributed by atoms with E-state index in [4.69, 9.17) is 16.3 Å². The highest BCUT2D eigenvalue weighted by Gasteiger charge is 2.15. The van der Waals surface area contributed by atoms with Gasteiger partial charge in [-0.15, -0.1) is 0 Å². The summed E-state index contributed by atoms with van der Waals surface area (Å²) in [6.45, 7) is 4.05. The van der Waals surface area contributed by atoms with Crippen molar-refractivity contribution in [2.45, 2.75) is 51.6 Å². The summed E-state index contributed by atoms with van der Waals surface area (Å²) in [6.07, 6.45) is 4.41.